The van der Waals surface area contributed by atoms with Gasteiger partial charge in [-0.2, -0.15) is 0 Å². The van der Waals surface area contributed by atoms with Gasteiger partial charge in [0.05, 0.1) is 6.04 Å². The fourth-order valence-corrected chi connectivity index (χ4v) is 2.42. The number of carbonyl (C=O) groups is 2. The van der Waals surface area contributed by atoms with E-state index in [2.05, 4.69) is 26.1 Å². The minimum atomic E-state index is -0.771. The van der Waals surface area contributed by atoms with E-state index >= 15 is 0 Å². The summed E-state index contributed by atoms with van der Waals surface area (Å²) in [5, 5.41) is 11.7. The van der Waals surface area contributed by atoms with Crippen molar-refractivity contribution in [2.45, 2.75) is 66.3 Å². The zero-order valence-corrected chi connectivity index (χ0v) is 14.1. The normalized spacial score (nSPS) is 14.8. The molecule has 1 amide bonds. The fraction of sp³-hybridized carbons (Fsp3) is 0.875. The molecule has 0 aromatic heterocycles. The molecule has 0 aliphatic heterocycles. The molecule has 5 heteroatoms. The van der Waals surface area contributed by atoms with Gasteiger partial charge in [-0.3, -0.25) is 9.59 Å². The van der Waals surface area contributed by atoms with Gasteiger partial charge in [0.1, 0.15) is 0 Å². The number of hydrogen-bond acceptors (Lipinski definition) is 3. The van der Waals surface area contributed by atoms with Gasteiger partial charge >= 0.3 is 5.97 Å². The number of carboxylic acids is 1. The first-order valence-corrected chi connectivity index (χ1v) is 7.79. The van der Waals surface area contributed by atoms with E-state index in [1.165, 1.54) is 0 Å². The monoisotopic (exact) mass is 300 g/mol. The highest BCUT2D eigenvalue weighted by atomic mass is 16.4. The van der Waals surface area contributed by atoms with Crippen molar-refractivity contribution in [2.75, 3.05) is 6.54 Å². The van der Waals surface area contributed by atoms with Crippen LogP contribution in [-0.2, 0) is 9.59 Å². The summed E-state index contributed by atoms with van der Waals surface area (Å²) in [5.41, 5.74) is 5.86. The van der Waals surface area contributed by atoms with Crippen LogP contribution in [0, 0.1) is 17.3 Å². The molecule has 5 nitrogen and oxygen atoms in total. The first-order valence-electron chi connectivity index (χ1n) is 7.79. The molecule has 0 heterocycles. The zero-order valence-electron chi connectivity index (χ0n) is 14.1. The van der Waals surface area contributed by atoms with Crippen molar-refractivity contribution in [1.82, 2.24) is 5.32 Å². The van der Waals surface area contributed by atoms with Crippen molar-refractivity contribution < 1.29 is 14.7 Å². The molecule has 0 aliphatic carbocycles. The van der Waals surface area contributed by atoms with Crippen LogP contribution >= 0.6 is 0 Å². The van der Waals surface area contributed by atoms with Crippen molar-refractivity contribution in [1.29, 1.82) is 0 Å². The average Bonchev–Trinajstić information content (AvgIpc) is 2.30. The fourth-order valence-electron chi connectivity index (χ4n) is 2.42. The van der Waals surface area contributed by atoms with Gasteiger partial charge in [0.2, 0.25) is 5.91 Å². The second-order valence-corrected chi connectivity index (χ2v) is 7.31. The Bertz CT molecular complexity index is 335. The SMILES string of the molecule is CC(C)C[C@@H](N)C(=O)NCCC(CCC(=O)O)C(C)(C)C. The summed E-state index contributed by atoms with van der Waals surface area (Å²) in [5.74, 6) is -0.235. The standard InChI is InChI=1S/C16H32N2O3/c1-11(2)10-13(17)15(21)18-9-8-12(16(3,4)5)6-7-14(19)20/h11-13H,6-10,17H2,1-5H3,(H,18,21)(H,19,20)/t12?,13-/m1/s1. The third-order valence-corrected chi connectivity index (χ3v) is 3.79. The van der Waals surface area contributed by atoms with E-state index in [-0.39, 0.29) is 23.7 Å². The maximum atomic E-state index is 11.8. The number of hydrogen-bond donors (Lipinski definition) is 3. The highest BCUT2D eigenvalue weighted by molar-refractivity contribution is 5.81. The van der Waals surface area contributed by atoms with Crippen LogP contribution in [0.4, 0.5) is 0 Å². The van der Waals surface area contributed by atoms with Gasteiger partial charge in [0.15, 0.2) is 0 Å². The van der Waals surface area contributed by atoms with Gasteiger partial charge in [-0.1, -0.05) is 34.6 Å². The quantitative estimate of drug-likeness (QED) is 0.609. The lowest BCUT2D eigenvalue weighted by Gasteiger charge is -2.30. The predicted octanol–water partition coefficient (Wildman–Crippen LogP) is 2.39. The van der Waals surface area contributed by atoms with Crippen LogP contribution in [0.15, 0.2) is 0 Å². The molecule has 0 bridgehead atoms. The van der Waals surface area contributed by atoms with Crippen molar-refractivity contribution in [3.63, 3.8) is 0 Å². The third-order valence-electron chi connectivity index (χ3n) is 3.79. The number of nitrogens with two attached hydrogens (primary N) is 1. The maximum absolute atomic E-state index is 11.8. The number of carbonyl (C=O) groups excluding carboxylic acids is 1. The van der Waals surface area contributed by atoms with Gasteiger partial charge in [-0.05, 0) is 36.5 Å². The molecule has 0 saturated heterocycles. The number of aliphatic carboxylic acids is 1. The third kappa shape index (κ3) is 9.45. The number of nitrogens with one attached hydrogen (secondary N) is 1. The van der Waals surface area contributed by atoms with Crippen molar-refractivity contribution >= 4 is 11.9 Å². The van der Waals surface area contributed by atoms with Gasteiger partial charge in [-0.25, -0.2) is 0 Å². The molecule has 0 aliphatic rings. The molecule has 124 valence electrons. The van der Waals surface area contributed by atoms with E-state index in [4.69, 9.17) is 10.8 Å². The van der Waals surface area contributed by atoms with Crippen LogP contribution < -0.4 is 11.1 Å². The Morgan fingerprint density at radius 1 is 1.19 bits per heavy atom. The summed E-state index contributed by atoms with van der Waals surface area (Å²) >= 11 is 0. The molecule has 0 aromatic rings. The molecule has 0 radical (unpaired) electrons. The summed E-state index contributed by atoms with van der Waals surface area (Å²) in [4.78, 5) is 22.6. The Hall–Kier alpha value is -1.10. The number of amides is 1. The minimum Gasteiger partial charge on any atom is -0.481 e. The lowest BCUT2D eigenvalue weighted by molar-refractivity contribution is -0.137. The first-order chi connectivity index (χ1) is 9.54. The summed E-state index contributed by atoms with van der Waals surface area (Å²) in [6.07, 6.45) is 2.25. The predicted molar refractivity (Wildman–Crippen MR) is 84.9 cm³/mol. The van der Waals surface area contributed by atoms with E-state index in [9.17, 15) is 9.59 Å². The van der Waals surface area contributed by atoms with E-state index in [0.717, 1.165) is 6.42 Å². The smallest absolute Gasteiger partial charge is 0.303 e. The topological polar surface area (TPSA) is 92.4 Å². The average molecular weight is 300 g/mol. The van der Waals surface area contributed by atoms with Gasteiger partial charge in [-0.15, -0.1) is 0 Å². The van der Waals surface area contributed by atoms with Crippen molar-refractivity contribution in [3.8, 4) is 0 Å². The molecular weight excluding hydrogens is 268 g/mol. The van der Waals surface area contributed by atoms with Crippen LogP contribution in [0.3, 0.4) is 0 Å². The van der Waals surface area contributed by atoms with E-state index in [1.807, 2.05) is 13.8 Å². The molecule has 0 aromatic carbocycles. The van der Waals surface area contributed by atoms with Crippen molar-refractivity contribution in [2.24, 2.45) is 23.0 Å². The van der Waals surface area contributed by atoms with Crippen LogP contribution in [0.5, 0.6) is 0 Å². The Labute approximate surface area is 128 Å². The van der Waals surface area contributed by atoms with E-state index in [1.54, 1.807) is 0 Å². The van der Waals surface area contributed by atoms with Crippen molar-refractivity contribution in [3.05, 3.63) is 0 Å². The Kier molecular flexibility index (Phi) is 8.55. The van der Waals surface area contributed by atoms with E-state index in [0.29, 0.717) is 25.3 Å². The Balaban J connectivity index is 4.24. The van der Waals surface area contributed by atoms with Crippen LogP contribution in [0.1, 0.15) is 60.3 Å². The number of rotatable bonds is 9. The lowest BCUT2D eigenvalue weighted by atomic mass is 9.76. The summed E-state index contributed by atoms with van der Waals surface area (Å²) in [7, 11) is 0. The highest BCUT2D eigenvalue weighted by Crippen LogP contribution is 2.32. The number of carboxylic acid groups (broad SMARTS) is 1. The molecule has 0 rings (SSSR count). The second kappa shape index (κ2) is 9.03. The molecule has 0 saturated carbocycles. The van der Waals surface area contributed by atoms with E-state index < -0.39 is 12.0 Å². The van der Waals surface area contributed by atoms with Crippen LogP contribution in [-0.4, -0.2) is 29.6 Å². The molecule has 2 atom stereocenters. The summed E-state index contributed by atoms with van der Waals surface area (Å²) in [6.45, 7) is 10.9. The highest BCUT2D eigenvalue weighted by Gasteiger charge is 2.25. The van der Waals surface area contributed by atoms with Gasteiger partial charge < -0.3 is 16.2 Å². The molecule has 0 fully saturated rings. The first kappa shape index (κ1) is 19.9. The Morgan fingerprint density at radius 2 is 1.76 bits per heavy atom. The van der Waals surface area contributed by atoms with Gasteiger partial charge in [0, 0.05) is 13.0 Å². The molecular formula is C16H32N2O3. The zero-order chi connectivity index (χ0) is 16.6. The van der Waals surface area contributed by atoms with Crippen LogP contribution in [0.2, 0.25) is 0 Å². The minimum absolute atomic E-state index is 0.0280. The van der Waals surface area contributed by atoms with Gasteiger partial charge in [0.25, 0.3) is 0 Å². The Morgan fingerprint density at radius 3 is 2.19 bits per heavy atom. The lowest BCUT2D eigenvalue weighted by Crippen LogP contribution is -2.42. The second-order valence-electron chi connectivity index (χ2n) is 7.31. The maximum Gasteiger partial charge on any atom is 0.303 e. The molecule has 1 unspecified atom stereocenters. The summed E-state index contributed by atoms with van der Waals surface area (Å²) < 4.78 is 0. The molecule has 0 spiro atoms. The summed E-state index contributed by atoms with van der Waals surface area (Å²) in [6, 6.07) is -0.461. The molecule has 4 N–H and O–H groups in total. The largest absolute Gasteiger partial charge is 0.481 e. The molecule has 21 heavy (non-hydrogen) atoms. The van der Waals surface area contributed by atoms with Crippen LogP contribution in [0.25, 0.3) is 0 Å².